The van der Waals surface area contributed by atoms with Crippen molar-refractivity contribution < 1.29 is 4.52 Å². The summed E-state index contributed by atoms with van der Waals surface area (Å²) in [5, 5.41) is 6.98. The Morgan fingerprint density at radius 1 is 1.40 bits per heavy atom. The van der Waals surface area contributed by atoms with Crippen molar-refractivity contribution in [3.8, 4) is 0 Å². The summed E-state index contributed by atoms with van der Waals surface area (Å²) in [6, 6.07) is 5.60. The van der Waals surface area contributed by atoms with Crippen LogP contribution in [0.4, 0.5) is 0 Å². The van der Waals surface area contributed by atoms with E-state index >= 15 is 0 Å². The molecule has 0 saturated heterocycles. The van der Waals surface area contributed by atoms with Gasteiger partial charge in [-0.05, 0) is 19.2 Å². The van der Waals surface area contributed by atoms with E-state index < -0.39 is 0 Å². The highest BCUT2D eigenvalue weighted by atomic mass is 16.5. The van der Waals surface area contributed by atoms with Gasteiger partial charge < -0.3 is 9.84 Å². The second kappa shape index (κ2) is 4.18. The largest absolute Gasteiger partial charge is 0.340 e. The summed E-state index contributed by atoms with van der Waals surface area (Å²) < 4.78 is 4.94. The molecule has 5 nitrogen and oxygen atoms in total. The summed E-state index contributed by atoms with van der Waals surface area (Å²) in [7, 11) is 1.84. The Bertz CT molecular complexity index is 426. The topological polar surface area (TPSA) is 63.8 Å². The molecule has 0 aliphatic carbocycles. The van der Waals surface area contributed by atoms with E-state index in [0.29, 0.717) is 11.7 Å². The number of aromatic nitrogens is 3. The van der Waals surface area contributed by atoms with Gasteiger partial charge >= 0.3 is 0 Å². The van der Waals surface area contributed by atoms with Gasteiger partial charge in [-0.3, -0.25) is 4.98 Å². The Balaban J connectivity index is 2.33. The van der Waals surface area contributed by atoms with Gasteiger partial charge in [-0.15, -0.1) is 0 Å². The molecular formula is C10H12N4O. The molecule has 1 N–H and O–H groups in total. The van der Waals surface area contributed by atoms with Crippen molar-refractivity contribution in [1.29, 1.82) is 0 Å². The first kappa shape index (κ1) is 9.79. The number of aryl methyl sites for hydroxylation is 1. The average Bonchev–Trinajstić information content (AvgIpc) is 2.68. The molecule has 0 aliphatic heterocycles. The quantitative estimate of drug-likeness (QED) is 0.810. The van der Waals surface area contributed by atoms with Crippen LogP contribution in [0.15, 0.2) is 28.9 Å². The minimum Gasteiger partial charge on any atom is -0.340 e. The van der Waals surface area contributed by atoms with E-state index in [-0.39, 0.29) is 6.04 Å². The lowest BCUT2D eigenvalue weighted by Crippen LogP contribution is -2.20. The normalized spacial score (nSPS) is 12.7. The molecule has 0 amide bonds. The molecule has 2 rings (SSSR count). The molecular weight excluding hydrogens is 192 g/mol. The van der Waals surface area contributed by atoms with Crippen LogP contribution < -0.4 is 5.32 Å². The van der Waals surface area contributed by atoms with E-state index in [2.05, 4.69) is 20.4 Å². The Hall–Kier alpha value is -1.75. The highest BCUT2D eigenvalue weighted by molar-refractivity contribution is 5.16. The van der Waals surface area contributed by atoms with Gasteiger partial charge in [-0.2, -0.15) is 4.98 Å². The number of hydrogen-bond acceptors (Lipinski definition) is 5. The SMILES string of the molecule is CN[C@H](c1ccccn1)c1noc(C)n1. The number of hydrogen-bond donors (Lipinski definition) is 1. The molecule has 0 aliphatic rings. The summed E-state index contributed by atoms with van der Waals surface area (Å²) in [5.74, 6) is 1.16. The first-order valence-corrected chi connectivity index (χ1v) is 4.69. The number of pyridine rings is 1. The lowest BCUT2D eigenvalue weighted by atomic mass is 10.2. The standard InChI is InChI=1S/C10H12N4O/c1-7-13-10(14-15-7)9(11-2)8-5-3-4-6-12-8/h3-6,9,11H,1-2H3/t9-/m1/s1. The fraction of sp³-hybridized carbons (Fsp3) is 0.300. The zero-order chi connectivity index (χ0) is 10.7. The molecule has 0 bridgehead atoms. The van der Waals surface area contributed by atoms with Crippen LogP contribution in [0.2, 0.25) is 0 Å². The van der Waals surface area contributed by atoms with Crippen molar-refractivity contribution in [3.63, 3.8) is 0 Å². The summed E-state index contributed by atoms with van der Waals surface area (Å²) in [5.41, 5.74) is 0.876. The molecule has 0 spiro atoms. The Kier molecular flexibility index (Phi) is 2.73. The molecule has 2 aromatic rings. The molecule has 0 unspecified atom stereocenters. The monoisotopic (exact) mass is 204 g/mol. The van der Waals surface area contributed by atoms with Gasteiger partial charge in [0.2, 0.25) is 5.89 Å². The number of nitrogens with one attached hydrogen (secondary N) is 1. The molecule has 2 heterocycles. The van der Waals surface area contributed by atoms with Crippen LogP contribution in [-0.2, 0) is 0 Å². The molecule has 0 radical (unpaired) electrons. The Morgan fingerprint density at radius 2 is 2.27 bits per heavy atom. The van der Waals surface area contributed by atoms with Gasteiger partial charge in [0, 0.05) is 13.1 Å². The maximum absolute atomic E-state index is 4.94. The average molecular weight is 204 g/mol. The van der Waals surface area contributed by atoms with Crippen LogP contribution in [-0.4, -0.2) is 22.2 Å². The minimum absolute atomic E-state index is 0.122. The third-order valence-electron chi connectivity index (χ3n) is 2.07. The number of rotatable bonds is 3. The Labute approximate surface area is 87.5 Å². The lowest BCUT2D eigenvalue weighted by Gasteiger charge is -2.10. The van der Waals surface area contributed by atoms with E-state index in [1.165, 1.54) is 0 Å². The van der Waals surface area contributed by atoms with Crippen molar-refractivity contribution in [2.24, 2.45) is 0 Å². The van der Waals surface area contributed by atoms with Crippen molar-refractivity contribution in [2.45, 2.75) is 13.0 Å². The van der Waals surface area contributed by atoms with Gasteiger partial charge in [-0.1, -0.05) is 11.2 Å². The first-order valence-electron chi connectivity index (χ1n) is 4.69. The predicted molar refractivity (Wildman–Crippen MR) is 54.2 cm³/mol. The van der Waals surface area contributed by atoms with Gasteiger partial charge in [0.25, 0.3) is 0 Å². The van der Waals surface area contributed by atoms with E-state index in [4.69, 9.17) is 4.52 Å². The molecule has 1 atom stereocenters. The van der Waals surface area contributed by atoms with E-state index in [1.54, 1.807) is 13.1 Å². The highest BCUT2D eigenvalue weighted by Gasteiger charge is 2.18. The molecule has 78 valence electrons. The molecule has 2 aromatic heterocycles. The lowest BCUT2D eigenvalue weighted by molar-refractivity contribution is 0.382. The number of nitrogens with zero attached hydrogens (tertiary/aromatic N) is 3. The highest BCUT2D eigenvalue weighted by Crippen LogP contribution is 2.16. The maximum atomic E-state index is 4.94. The summed E-state index contributed by atoms with van der Waals surface area (Å²) in [6.07, 6.45) is 1.74. The van der Waals surface area contributed by atoms with Crippen LogP contribution in [0.5, 0.6) is 0 Å². The second-order valence-corrected chi connectivity index (χ2v) is 3.15. The van der Waals surface area contributed by atoms with Gasteiger partial charge in [0.05, 0.1) is 5.69 Å². The van der Waals surface area contributed by atoms with Crippen LogP contribution in [0.25, 0.3) is 0 Å². The third-order valence-corrected chi connectivity index (χ3v) is 2.07. The molecule has 0 aromatic carbocycles. The van der Waals surface area contributed by atoms with E-state index in [0.717, 1.165) is 5.69 Å². The zero-order valence-electron chi connectivity index (χ0n) is 8.64. The van der Waals surface area contributed by atoms with Crippen molar-refractivity contribution in [3.05, 3.63) is 41.8 Å². The van der Waals surface area contributed by atoms with Gasteiger partial charge in [0.1, 0.15) is 6.04 Å². The predicted octanol–water partition coefficient (Wildman–Crippen LogP) is 1.08. The zero-order valence-corrected chi connectivity index (χ0v) is 8.64. The van der Waals surface area contributed by atoms with Gasteiger partial charge in [-0.25, -0.2) is 0 Å². The fourth-order valence-corrected chi connectivity index (χ4v) is 1.39. The first-order chi connectivity index (χ1) is 7.31. The maximum Gasteiger partial charge on any atom is 0.223 e. The van der Waals surface area contributed by atoms with Crippen LogP contribution in [0, 0.1) is 6.92 Å². The molecule has 15 heavy (non-hydrogen) atoms. The van der Waals surface area contributed by atoms with E-state index in [1.807, 2.05) is 25.2 Å². The fourth-order valence-electron chi connectivity index (χ4n) is 1.39. The van der Waals surface area contributed by atoms with Crippen molar-refractivity contribution in [2.75, 3.05) is 7.05 Å². The minimum atomic E-state index is -0.122. The van der Waals surface area contributed by atoms with Crippen LogP contribution in [0.3, 0.4) is 0 Å². The third kappa shape index (κ3) is 2.02. The smallest absolute Gasteiger partial charge is 0.223 e. The Morgan fingerprint density at radius 3 is 2.80 bits per heavy atom. The van der Waals surface area contributed by atoms with Gasteiger partial charge in [0.15, 0.2) is 5.82 Å². The summed E-state index contributed by atoms with van der Waals surface area (Å²) in [4.78, 5) is 8.43. The molecule has 0 saturated carbocycles. The van der Waals surface area contributed by atoms with Crippen LogP contribution in [0.1, 0.15) is 23.5 Å². The van der Waals surface area contributed by atoms with Crippen LogP contribution >= 0.6 is 0 Å². The molecule has 5 heteroatoms. The van der Waals surface area contributed by atoms with Crippen molar-refractivity contribution >= 4 is 0 Å². The second-order valence-electron chi connectivity index (χ2n) is 3.15. The van der Waals surface area contributed by atoms with Crippen molar-refractivity contribution in [1.82, 2.24) is 20.4 Å². The summed E-state index contributed by atoms with van der Waals surface area (Å²) in [6.45, 7) is 1.77. The molecule has 0 fully saturated rings. The summed E-state index contributed by atoms with van der Waals surface area (Å²) >= 11 is 0. The van der Waals surface area contributed by atoms with E-state index in [9.17, 15) is 0 Å².